The Balaban J connectivity index is 1.62. The zero-order valence-electron chi connectivity index (χ0n) is 19.1. The Morgan fingerprint density at radius 3 is 2.33 bits per heavy atom. The topological polar surface area (TPSA) is 143 Å². The molecule has 0 aliphatic heterocycles. The van der Waals surface area contributed by atoms with Crippen LogP contribution in [0.1, 0.15) is 44.0 Å². The highest BCUT2D eigenvalue weighted by molar-refractivity contribution is 5.96. The molecule has 0 aliphatic carbocycles. The van der Waals surface area contributed by atoms with E-state index in [-0.39, 0.29) is 29.6 Å². The van der Waals surface area contributed by atoms with Crippen LogP contribution in [0.4, 0.5) is 10.2 Å². The quantitative estimate of drug-likeness (QED) is 0.300. The summed E-state index contributed by atoms with van der Waals surface area (Å²) >= 11 is 0. The van der Waals surface area contributed by atoms with Gasteiger partial charge in [0, 0.05) is 12.7 Å². The molecule has 0 fully saturated rings. The van der Waals surface area contributed by atoms with Crippen molar-refractivity contribution in [2.75, 3.05) is 5.73 Å². The van der Waals surface area contributed by atoms with Gasteiger partial charge in [0.2, 0.25) is 0 Å². The molecule has 36 heavy (non-hydrogen) atoms. The molecule has 4 rings (SSSR count). The molecule has 1 unspecified atom stereocenters. The zero-order chi connectivity index (χ0) is 25.5. The molecule has 2 heterocycles. The number of halogens is 1. The zero-order valence-corrected chi connectivity index (χ0v) is 19.1. The number of nitrogens with one attached hydrogen (secondary N) is 2. The van der Waals surface area contributed by atoms with E-state index < -0.39 is 29.4 Å². The van der Waals surface area contributed by atoms with Crippen LogP contribution in [-0.4, -0.2) is 31.9 Å². The fourth-order valence-corrected chi connectivity index (χ4v) is 3.46. The maximum absolute atomic E-state index is 13.1. The smallest absolute Gasteiger partial charge is 0.274 e. The number of hydrogen-bond acceptors (Lipinski definition) is 7. The lowest BCUT2D eigenvalue weighted by atomic mass is 10.0. The lowest BCUT2D eigenvalue weighted by Crippen LogP contribution is -2.33. The van der Waals surface area contributed by atoms with Gasteiger partial charge in [0.1, 0.15) is 11.5 Å². The third kappa shape index (κ3) is 5.98. The van der Waals surface area contributed by atoms with Crippen LogP contribution in [0.15, 0.2) is 79.0 Å². The van der Waals surface area contributed by atoms with E-state index in [9.17, 15) is 19.1 Å². The van der Waals surface area contributed by atoms with Crippen LogP contribution in [0.5, 0.6) is 5.75 Å². The van der Waals surface area contributed by atoms with E-state index in [1.165, 1.54) is 30.5 Å². The molecule has 10 heteroatoms. The van der Waals surface area contributed by atoms with Crippen LogP contribution in [0, 0.1) is 5.82 Å². The molecule has 2 aromatic heterocycles. The van der Waals surface area contributed by atoms with Crippen LogP contribution in [-0.2, 0) is 13.0 Å². The van der Waals surface area contributed by atoms with Crippen molar-refractivity contribution in [3.05, 3.63) is 113 Å². The first kappa shape index (κ1) is 24.3. The van der Waals surface area contributed by atoms with Crippen molar-refractivity contribution >= 4 is 17.6 Å². The summed E-state index contributed by atoms with van der Waals surface area (Å²) in [7, 11) is 0. The number of carbonyl (C=O) groups is 2. The molecule has 182 valence electrons. The van der Waals surface area contributed by atoms with Gasteiger partial charge in [-0.1, -0.05) is 48.5 Å². The summed E-state index contributed by atoms with van der Waals surface area (Å²) in [6.07, 6.45) is 1.79. The number of nitrogens with two attached hydrogens (primary N) is 1. The molecular formula is C26H23FN6O3. The highest BCUT2D eigenvalue weighted by atomic mass is 19.1. The van der Waals surface area contributed by atoms with E-state index >= 15 is 0 Å². The summed E-state index contributed by atoms with van der Waals surface area (Å²) in [4.78, 5) is 38.2. The molecule has 2 aromatic carbocycles. The third-order valence-corrected chi connectivity index (χ3v) is 5.31. The van der Waals surface area contributed by atoms with Gasteiger partial charge in [-0.25, -0.2) is 14.4 Å². The molecule has 0 aliphatic rings. The third-order valence-electron chi connectivity index (χ3n) is 5.31. The molecule has 0 radical (unpaired) electrons. The lowest BCUT2D eigenvalue weighted by molar-refractivity contribution is 0.0929. The first-order valence-electron chi connectivity index (χ1n) is 11.1. The average Bonchev–Trinajstić information content (AvgIpc) is 2.90. The second-order valence-corrected chi connectivity index (χ2v) is 7.90. The largest absolute Gasteiger partial charge is 0.503 e. The number of amides is 2. The Bertz CT molecular complexity index is 1350. The molecule has 1 atom stereocenters. The van der Waals surface area contributed by atoms with Gasteiger partial charge < -0.3 is 21.5 Å². The second kappa shape index (κ2) is 11.0. The van der Waals surface area contributed by atoms with Crippen LogP contribution < -0.4 is 16.4 Å². The molecule has 4 aromatic rings. The summed E-state index contributed by atoms with van der Waals surface area (Å²) < 4.78 is 13.1. The summed E-state index contributed by atoms with van der Waals surface area (Å²) in [6.45, 7) is 0.0711. The van der Waals surface area contributed by atoms with Crippen LogP contribution in [0.2, 0.25) is 0 Å². The number of nitrogens with zero attached hydrogens (tertiary/aromatic N) is 3. The maximum Gasteiger partial charge on any atom is 0.274 e. The second-order valence-electron chi connectivity index (χ2n) is 7.90. The lowest BCUT2D eigenvalue weighted by Gasteiger charge is -2.19. The number of aromatic hydroxyl groups is 1. The van der Waals surface area contributed by atoms with Crippen molar-refractivity contribution in [2.45, 2.75) is 19.0 Å². The summed E-state index contributed by atoms with van der Waals surface area (Å²) in [5.41, 5.74) is 7.29. The van der Waals surface area contributed by atoms with Gasteiger partial charge in [-0.15, -0.1) is 0 Å². The number of pyridine rings is 1. The van der Waals surface area contributed by atoms with Gasteiger partial charge in [0.05, 0.1) is 6.04 Å². The van der Waals surface area contributed by atoms with Gasteiger partial charge in [-0.05, 0) is 41.8 Å². The molecular weight excluding hydrogens is 463 g/mol. The Labute approximate surface area is 206 Å². The standard InChI is InChI=1S/C26H23FN6O3/c27-18-11-9-17(10-12-18)15-30-26(36)21-22(34)23(28)33-24(32-21)20(14-16-6-2-1-3-7-16)31-25(35)19-8-4-5-13-29-19/h1-13,20,34H,14-15H2,(H,30,36)(H,31,35)(H2,28,32,33). The highest BCUT2D eigenvalue weighted by Gasteiger charge is 2.25. The molecule has 2 amide bonds. The minimum absolute atomic E-state index is 0.0466. The van der Waals surface area contributed by atoms with E-state index in [1.807, 2.05) is 30.3 Å². The number of nitrogen functional groups attached to an aromatic ring is 1. The Hall–Kier alpha value is -4.86. The Kier molecular flexibility index (Phi) is 7.45. The predicted molar refractivity (Wildman–Crippen MR) is 130 cm³/mol. The summed E-state index contributed by atoms with van der Waals surface area (Å²) in [5.74, 6) is -2.41. The van der Waals surface area contributed by atoms with Gasteiger partial charge in [0.15, 0.2) is 23.1 Å². The Morgan fingerprint density at radius 2 is 1.64 bits per heavy atom. The first-order chi connectivity index (χ1) is 17.4. The van der Waals surface area contributed by atoms with Crippen molar-refractivity contribution < 1.29 is 19.1 Å². The normalized spacial score (nSPS) is 11.5. The van der Waals surface area contributed by atoms with Crippen LogP contribution >= 0.6 is 0 Å². The minimum Gasteiger partial charge on any atom is -0.503 e. The number of benzene rings is 2. The van der Waals surface area contributed by atoms with Crippen molar-refractivity contribution in [1.82, 2.24) is 25.6 Å². The van der Waals surface area contributed by atoms with Gasteiger partial charge in [-0.2, -0.15) is 0 Å². The van der Waals surface area contributed by atoms with Crippen molar-refractivity contribution in [1.29, 1.82) is 0 Å². The number of rotatable bonds is 8. The molecule has 0 saturated carbocycles. The number of aromatic nitrogens is 3. The summed E-state index contributed by atoms with van der Waals surface area (Å²) in [5, 5.41) is 15.9. The van der Waals surface area contributed by atoms with Crippen molar-refractivity contribution in [3.63, 3.8) is 0 Å². The summed E-state index contributed by atoms with van der Waals surface area (Å²) in [6, 6.07) is 19.1. The van der Waals surface area contributed by atoms with Crippen molar-refractivity contribution in [3.8, 4) is 5.75 Å². The highest BCUT2D eigenvalue weighted by Crippen LogP contribution is 2.25. The SMILES string of the molecule is Nc1nc(C(Cc2ccccc2)NC(=O)c2ccccn2)nc(C(=O)NCc2ccc(F)cc2)c1O. The number of anilines is 1. The minimum atomic E-state index is -0.784. The maximum atomic E-state index is 13.1. The predicted octanol–water partition coefficient (Wildman–Crippen LogP) is 2.94. The van der Waals surface area contributed by atoms with E-state index in [1.54, 1.807) is 18.2 Å². The fraction of sp³-hybridized carbons (Fsp3) is 0.115. The average molecular weight is 487 g/mol. The van der Waals surface area contributed by atoms with Crippen LogP contribution in [0.3, 0.4) is 0 Å². The van der Waals surface area contributed by atoms with Gasteiger partial charge in [-0.3, -0.25) is 14.6 Å². The molecule has 0 spiro atoms. The number of carbonyl (C=O) groups excluding carboxylic acids is 2. The van der Waals surface area contributed by atoms with Gasteiger partial charge in [0.25, 0.3) is 11.8 Å². The molecule has 5 N–H and O–H groups in total. The van der Waals surface area contributed by atoms with Crippen LogP contribution in [0.25, 0.3) is 0 Å². The number of hydrogen-bond donors (Lipinski definition) is 4. The van der Waals surface area contributed by atoms with E-state index in [2.05, 4.69) is 25.6 Å². The van der Waals surface area contributed by atoms with E-state index in [4.69, 9.17) is 5.73 Å². The first-order valence-corrected chi connectivity index (χ1v) is 11.1. The molecule has 0 bridgehead atoms. The van der Waals surface area contributed by atoms with Crippen molar-refractivity contribution in [2.24, 2.45) is 0 Å². The molecule has 0 saturated heterocycles. The van der Waals surface area contributed by atoms with E-state index in [0.717, 1.165) is 5.56 Å². The Morgan fingerprint density at radius 1 is 0.917 bits per heavy atom. The fourth-order valence-electron chi connectivity index (χ4n) is 3.46. The van der Waals surface area contributed by atoms with E-state index in [0.29, 0.717) is 12.0 Å². The molecule has 9 nitrogen and oxygen atoms in total. The van der Waals surface area contributed by atoms with Gasteiger partial charge >= 0.3 is 0 Å². The monoisotopic (exact) mass is 486 g/mol.